The minimum atomic E-state index is -0.428. The number of carbonyl (C=O) groups excluding carboxylic acids is 1. The van der Waals surface area contributed by atoms with Crippen molar-refractivity contribution in [2.75, 3.05) is 0 Å². The van der Waals surface area contributed by atoms with Crippen molar-refractivity contribution in [3.8, 4) is 5.75 Å². The van der Waals surface area contributed by atoms with E-state index in [0.29, 0.717) is 12.3 Å². The molecule has 0 aromatic heterocycles. The van der Waals surface area contributed by atoms with Crippen LogP contribution in [-0.2, 0) is 6.54 Å². The maximum Gasteiger partial charge on any atom is 0.412 e. The zero-order valence-corrected chi connectivity index (χ0v) is 7.36. The molecule has 1 amide bonds. The van der Waals surface area contributed by atoms with E-state index in [2.05, 4.69) is 5.32 Å². The second-order valence-electron chi connectivity index (χ2n) is 2.93. The molecule has 4 heteroatoms. The molecule has 1 aromatic carbocycles. The summed E-state index contributed by atoms with van der Waals surface area (Å²) in [6.45, 7) is 0.460. The van der Waals surface area contributed by atoms with Crippen LogP contribution in [0.2, 0.25) is 0 Å². The zero-order valence-electron chi connectivity index (χ0n) is 7.36. The first-order valence-electron chi connectivity index (χ1n) is 4.19. The first-order valence-corrected chi connectivity index (χ1v) is 4.19. The number of hydrogen-bond acceptors (Lipinski definition) is 3. The van der Waals surface area contributed by atoms with Gasteiger partial charge in [0.1, 0.15) is 5.75 Å². The number of fused-ring (bicyclic) bond motifs is 1. The van der Waals surface area contributed by atoms with E-state index in [9.17, 15) is 4.79 Å². The maximum absolute atomic E-state index is 10.8. The lowest BCUT2D eigenvalue weighted by Gasteiger charge is -2.16. The van der Waals surface area contributed by atoms with E-state index in [0.717, 1.165) is 17.4 Å². The van der Waals surface area contributed by atoms with Gasteiger partial charge in [0, 0.05) is 12.1 Å². The Bertz CT molecular complexity index is 398. The van der Waals surface area contributed by atoms with Crippen molar-refractivity contribution in [3.05, 3.63) is 35.6 Å². The first kappa shape index (κ1) is 8.62. The highest BCUT2D eigenvalue weighted by atomic mass is 16.6. The van der Waals surface area contributed by atoms with E-state index < -0.39 is 6.09 Å². The van der Waals surface area contributed by atoms with Crippen LogP contribution in [0.5, 0.6) is 5.75 Å². The van der Waals surface area contributed by atoms with Crippen molar-refractivity contribution in [2.24, 2.45) is 0 Å². The van der Waals surface area contributed by atoms with Crippen molar-refractivity contribution in [1.82, 2.24) is 5.32 Å². The van der Waals surface area contributed by atoms with Crippen LogP contribution in [0.3, 0.4) is 0 Å². The average molecular weight is 191 g/mol. The van der Waals surface area contributed by atoms with Gasteiger partial charge in [-0.3, -0.25) is 0 Å². The molecule has 14 heavy (non-hydrogen) atoms. The molecule has 0 unspecified atom stereocenters. The van der Waals surface area contributed by atoms with Gasteiger partial charge >= 0.3 is 6.09 Å². The minimum Gasteiger partial charge on any atom is -0.516 e. The highest BCUT2D eigenvalue weighted by Crippen LogP contribution is 2.23. The predicted octanol–water partition coefficient (Wildman–Crippen LogP) is 1.82. The number of nitrogens with one attached hydrogen (secondary N) is 1. The summed E-state index contributed by atoms with van der Waals surface area (Å²) >= 11 is 0. The van der Waals surface area contributed by atoms with Gasteiger partial charge in [0.25, 0.3) is 0 Å². The van der Waals surface area contributed by atoms with Gasteiger partial charge in [-0.1, -0.05) is 6.07 Å². The molecular weight excluding hydrogens is 182 g/mol. The fraction of sp³-hybridized carbons (Fsp3) is 0.100. The number of aliphatic hydroxyl groups excluding tert-OH is 1. The molecule has 0 spiro atoms. The number of ether oxygens (including phenoxy) is 1. The Morgan fingerprint density at radius 1 is 1.50 bits per heavy atom. The van der Waals surface area contributed by atoms with E-state index >= 15 is 0 Å². The van der Waals surface area contributed by atoms with Crippen molar-refractivity contribution in [1.29, 1.82) is 0 Å². The van der Waals surface area contributed by atoms with Crippen molar-refractivity contribution in [3.63, 3.8) is 0 Å². The van der Waals surface area contributed by atoms with Crippen molar-refractivity contribution in [2.45, 2.75) is 6.54 Å². The summed E-state index contributed by atoms with van der Waals surface area (Å²) in [4.78, 5) is 10.8. The number of hydrogen-bond donors (Lipinski definition) is 2. The quantitative estimate of drug-likeness (QED) is 0.665. The molecule has 0 radical (unpaired) electrons. The van der Waals surface area contributed by atoms with Gasteiger partial charge in [-0.15, -0.1) is 0 Å². The summed E-state index contributed by atoms with van der Waals surface area (Å²) < 4.78 is 4.93. The number of carbonyl (C=O) groups is 1. The molecule has 72 valence electrons. The molecule has 0 atom stereocenters. The molecule has 2 rings (SSSR count). The first-order chi connectivity index (χ1) is 6.79. The Balaban J connectivity index is 2.35. The summed E-state index contributed by atoms with van der Waals surface area (Å²) in [5.74, 6) is 0.573. The lowest BCUT2D eigenvalue weighted by atomic mass is 10.1. The Morgan fingerprint density at radius 3 is 3.14 bits per heavy atom. The normalized spacial score (nSPS) is 14.7. The Morgan fingerprint density at radius 2 is 2.36 bits per heavy atom. The predicted molar refractivity (Wildman–Crippen MR) is 51.0 cm³/mol. The average Bonchev–Trinajstić information content (AvgIpc) is 2.19. The second-order valence-corrected chi connectivity index (χ2v) is 2.93. The highest BCUT2D eigenvalue weighted by molar-refractivity contribution is 5.73. The molecule has 1 aliphatic rings. The number of benzene rings is 1. The standard InChI is InChI=1S/C10H9NO3/c12-4-3-7-1-2-9-8(5-7)6-11-10(13)14-9/h1-5,12H,6H2,(H,11,13)/b4-3-. The lowest BCUT2D eigenvalue weighted by Crippen LogP contribution is -2.31. The van der Waals surface area contributed by atoms with Crippen LogP contribution >= 0.6 is 0 Å². The van der Waals surface area contributed by atoms with Gasteiger partial charge in [0.2, 0.25) is 0 Å². The van der Waals surface area contributed by atoms with Gasteiger partial charge in [-0.25, -0.2) is 4.79 Å². The number of aliphatic hydroxyl groups is 1. The number of amides is 1. The molecule has 2 N–H and O–H groups in total. The molecule has 0 aliphatic carbocycles. The van der Waals surface area contributed by atoms with Crippen LogP contribution in [0, 0.1) is 0 Å². The van der Waals surface area contributed by atoms with Crippen LogP contribution in [0.4, 0.5) is 4.79 Å². The van der Waals surface area contributed by atoms with Crippen LogP contribution in [-0.4, -0.2) is 11.2 Å². The van der Waals surface area contributed by atoms with Gasteiger partial charge < -0.3 is 15.2 Å². The molecular formula is C10H9NO3. The molecule has 0 saturated heterocycles. The molecule has 1 heterocycles. The SMILES string of the molecule is O=C1NCc2cc(/C=C\O)ccc2O1. The molecule has 0 bridgehead atoms. The Kier molecular flexibility index (Phi) is 2.10. The van der Waals surface area contributed by atoms with Gasteiger partial charge in [-0.05, 0) is 23.8 Å². The van der Waals surface area contributed by atoms with Crippen LogP contribution in [0.25, 0.3) is 6.08 Å². The van der Waals surface area contributed by atoms with E-state index in [-0.39, 0.29) is 0 Å². The Hall–Kier alpha value is -1.97. The Labute approximate surface area is 80.8 Å². The summed E-state index contributed by atoms with van der Waals surface area (Å²) in [5.41, 5.74) is 1.77. The van der Waals surface area contributed by atoms with Gasteiger partial charge in [0.05, 0.1) is 6.26 Å². The van der Waals surface area contributed by atoms with Crippen molar-refractivity contribution >= 4 is 12.2 Å². The van der Waals surface area contributed by atoms with Gasteiger partial charge in [0.15, 0.2) is 0 Å². The molecule has 1 aromatic rings. The summed E-state index contributed by atoms with van der Waals surface area (Å²) in [6, 6.07) is 5.33. The van der Waals surface area contributed by atoms with E-state index in [1.54, 1.807) is 18.2 Å². The van der Waals surface area contributed by atoms with Crippen molar-refractivity contribution < 1.29 is 14.6 Å². The monoisotopic (exact) mass is 191 g/mol. The van der Waals surface area contributed by atoms with E-state index in [1.165, 1.54) is 0 Å². The second kappa shape index (κ2) is 3.41. The fourth-order valence-corrected chi connectivity index (χ4v) is 1.33. The molecule has 4 nitrogen and oxygen atoms in total. The maximum atomic E-state index is 10.8. The largest absolute Gasteiger partial charge is 0.516 e. The third-order valence-electron chi connectivity index (χ3n) is 1.98. The third kappa shape index (κ3) is 1.54. The minimum absolute atomic E-state index is 0.428. The lowest BCUT2D eigenvalue weighted by molar-refractivity contribution is 0.194. The molecule has 1 aliphatic heterocycles. The number of rotatable bonds is 1. The summed E-state index contributed by atoms with van der Waals surface area (Å²) in [6.07, 6.45) is 2.11. The van der Waals surface area contributed by atoms with Gasteiger partial charge in [-0.2, -0.15) is 0 Å². The zero-order chi connectivity index (χ0) is 9.97. The van der Waals surface area contributed by atoms with E-state index in [1.807, 2.05) is 6.07 Å². The van der Waals surface area contributed by atoms with E-state index in [4.69, 9.17) is 9.84 Å². The topological polar surface area (TPSA) is 58.6 Å². The highest BCUT2D eigenvalue weighted by Gasteiger charge is 2.15. The molecule has 0 saturated carbocycles. The summed E-state index contributed by atoms with van der Waals surface area (Å²) in [7, 11) is 0. The fourth-order valence-electron chi connectivity index (χ4n) is 1.33. The van der Waals surface area contributed by atoms with Crippen LogP contribution < -0.4 is 10.1 Å². The smallest absolute Gasteiger partial charge is 0.412 e. The van der Waals surface area contributed by atoms with Crippen LogP contribution in [0.1, 0.15) is 11.1 Å². The summed E-state index contributed by atoms with van der Waals surface area (Å²) in [5, 5.41) is 11.1. The van der Waals surface area contributed by atoms with Crippen LogP contribution in [0.15, 0.2) is 24.5 Å². The molecule has 0 fully saturated rings. The third-order valence-corrected chi connectivity index (χ3v) is 1.98.